The number of halogens is 1. The molecule has 0 fully saturated rings. The van der Waals surface area contributed by atoms with Crippen molar-refractivity contribution >= 4 is 11.7 Å². The van der Waals surface area contributed by atoms with E-state index in [2.05, 4.69) is 25.3 Å². The van der Waals surface area contributed by atoms with Gasteiger partial charge in [-0.15, -0.1) is 0 Å². The predicted molar refractivity (Wildman–Crippen MR) is 105 cm³/mol. The number of hydrogen-bond donors (Lipinski definition) is 1. The highest BCUT2D eigenvalue weighted by Gasteiger charge is 2.21. The molecule has 0 aliphatic carbocycles. The zero-order valence-corrected chi connectivity index (χ0v) is 15.7. The molecule has 0 bridgehead atoms. The molecule has 1 amide bonds. The first kappa shape index (κ1) is 18.4. The van der Waals surface area contributed by atoms with Crippen LogP contribution >= 0.6 is 0 Å². The number of nitrogens with zero attached hydrogens (tertiary/aromatic N) is 4. The van der Waals surface area contributed by atoms with Gasteiger partial charge >= 0.3 is 0 Å². The van der Waals surface area contributed by atoms with Gasteiger partial charge < -0.3 is 9.73 Å². The number of benzene rings is 1. The van der Waals surface area contributed by atoms with E-state index in [4.69, 9.17) is 4.42 Å². The molecular formula is C21H16FN5O2. The highest BCUT2D eigenvalue weighted by molar-refractivity contribution is 6.05. The Morgan fingerprint density at radius 2 is 1.79 bits per heavy atom. The largest absolute Gasteiger partial charge is 0.435 e. The average Bonchev–Trinajstić information content (AvgIpc) is 3.11. The van der Waals surface area contributed by atoms with Crippen molar-refractivity contribution in [3.05, 3.63) is 77.9 Å². The van der Waals surface area contributed by atoms with E-state index in [0.717, 1.165) is 5.69 Å². The molecule has 1 N–H and O–H groups in total. The Morgan fingerprint density at radius 1 is 1.00 bits per heavy atom. The smallest absolute Gasteiger partial charge is 0.294 e. The molecule has 0 unspecified atom stereocenters. The van der Waals surface area contributed by atoms with Crippen LogP contribution in [-0.2, 0) is 0 Å². The second kappa shape index (κ2) is 7.59. The molecule has 0 saturated heterocycles. The molecular weight excluding hydrogens is 373 g/mol. The number of anilines is 1. The molecule has 0 aliphatic rings. The normalized spacial score (nSPS) is 10.7. The summed E-state index contributed by atoms with van der Waals surface area (Å²) in [7, 11) is 0. The summed E-state index contributed by atoms with van der Waals surface area (Å²) in [5.41, 5.74) is 2.33. The molecule has 0 aliphatic heterocycles. The van der Waals surface area contributed by atoms with Crippen LogP contribution in [-0.4, -0.2) is 25.8 Å². The Kier molecular flexibility index (Phi) is 4.82. The lowest BCUT2D eigenvalue weighted by molar-refractivity contribution is 0.0996. The Labute approximate surface area is 165 Å². The minimum atomic E-state index is -0.522. The van der Waals surface area contributed by atoms with Crippen LogP contribution in [0.2, 0.25) is 0 Å². The lowest BCUT2D eigenvalue weighted by atomic mass is 10.1. The number of rotatable bonds is 4. The fourth-order valence-corrected chi connectivity index (χ4v) is 2.78. The molecule has 4 rings (SSSR count). The minimum absolute atomic E-state index is 0.0166. The SMILES string of the molecule is Cc1cccc(-c2nccc(NC(=O)c3oc(C)nc3-c3ccc(F)cc3)n2)n1. The van der Waals surface area contributed by atoms with E-state index in [1.54, 1.807) is 19.1 Å². The highest BCUT2D eigenvalue weighted by Crippen LogP contribution is 2.25. The van der Waals surface area contributed by atoms with Crippen LogP contribution in [0.1, 0.15) is 22.1 Å². The standard InChI is InChI=1S/C21H16FN5O2/c1-12-4-3-5-16(24-12)20-23-11-10-17(26-20)27-21(28)19-18(25-13(2)29-19)14-6-8-15(22)9-7-14/h3-11H,1-2H3,(H,23,26,27,28). The van der Waals surface area contributed by atoms with Crippen LogP contribution in [0.3, 0.4) is 0 Å². The van der Waals surface area contributed by atoms with E-state index in [1.807, 2.05) is 19.1 Å². The maximum Gasteiger partial charge on any atom is 0.294 e. The van der Waals surface area contributed by atoms with Crippen molar-refractivity contribution in [1.29, 1.82) is 0 Å². The van der Waals surface area contributed by atoms with E-state index in [0.29, 0.717) is 34.5 Å². The van der Waals surface area contributed by atoms with E-state index < -0.39 is 5.91 Å². The van der Waals surface area contributed by atoms with Crippen LogP contribution in [0.15, 0.2) is 59.1 Å². The zero-order chi connectivity index (χ0) is 20.4. The molecule has 7 nitrogen and oxygen atoms in total. The predicted octanol–water partition coefficient (Wildman–Crippen LogP) is 4.20. The number of aromatic nitrogens is 4. The summed E-state index contributed by atoms with van der Waals surface area (Å²) >= 11 is 0. The molecule has 0 spiro atoms. The first-order valence-corrected chi connectivity index (χ1v) is 8.81. The summed E-state index contributed by atoms with van der Waals surface area (Å²) in [6.07, 6.45) is 1.54. The number of oxazole rings is 1. The van der Waals surface area contributed by atoms with Gasteiger partial charge in [0, 0.05) is 24.4 Å². The molecule has 144 valence electrons. The average molecular weight is 389 g/mol. The van der Waals surface area contributed by atoms with Crippen LogP contribution in [0.25, 0.3) is 22.8 Å². The Balaban J connectivity index is 1.62. The van der Waals surface area contributed by atoms with Crippen LogP contribution in [0.4, 0.5) is 10.2 Å². The highest BCUT2D eigenvalue weighted by atomic mass is 19.1. The lowest BCUT2D eigenvalue weighted by Gasteiger charge is -2.06. The third kappa shape index (κ3) is 4.01. The number of carbonyl (C=O) groups is 1. The topological polar surface area (TPSA) is 93.8 Å². The number of hydrogen-bond acceptors (Lipinski definition) is 6. The maximum atomic E-state index is 13.2. The number of pyridine rings is 1. The van der Waals surface area contributed by atoms with Gasteiger partial charge in [-0.05, 0) is 49.4 Å². The number of nitrogens with one attached hydrogen (secondary N) is 1. The number of carbonyl (C=O) groups excluding carboxylic acids is 1. The third-order valence-corrected chi connectivity index (χ3v) is 4.07. The summed E-state index contributed by atoms with van der Waals surface area (Å²) in [4.78, 5) is 30.0. The lowest BCUT2D eigenvalue weighted by Crippen LogP contribution is -2.14. The van der Waals surface area contributed by atoms with Gasteiger partial charge in [-0.1, -0.05) is 6.07 Å². The van der Waals surface area contributed by atoms with Crippen molar-refractivity contribution < 1.29 is 13.6 Å². The summed E-state index contributed by atoms with van der Waals surface area (Å²) < 4.78 is 18.7. The summed E-state index contributed by atoms with van der Waals surface area (Å²) in [5, 5.41) is 2.69. The minimum Gasteiger partial charge on any atom is -0.435 e. The quantitative estimate of drug-likeness (QED) is 0.562. The van der Waals surface area contributed by atoms with Gasteiger partial charge in [-0.3, -0.25) is 4.79 Å². The number of amides is 1. The van der Waals surface area contributed by atoms with Crippen LogP contribution in [0, 0.1) is 19.7 Å². The first-order chi connectivity index (χ1) is 14.0. The molecule has 3 heterocycles. The zero-order valence-electron chi connectivity index (χ0n) is 15.7. The van der Waals surface area contributed by atoms with Crippen LogP contribution < -0.4 is 5.32 Å². The number of aryl methyl sites for hydroxylation is 2. The van der Waals surface area contributed by atoms with Gasteiger partial charge in [0.15, 0.2) is 11.7 Å². The molecule has 0 saturated carbocycles. The molecule has 1 aromatic carbocycles. The summed E-state index contributed by atoms with van der Waals surface area (Å²) in [6, 6.07) is 12.8. The van der Waals surface area contributed by atoms with E-state index in [1.165, 1.54) is 30.5 Å². The van der Waals surface area contributed by atoms with Crippen molar-refractivity contribution in [1.82, 2.24) is 19.9 Å². The molecule has 3 aromatic heterocycles. The fourth-order valence-electron chi connectivity index (χ4n) is 2.78. The monoisotopic (exact) mass is 389 g/mol. The summed E-state index contributed by atoms with van der Waals surface area (Å²) in [5.74, 6) is 0.121. The van der Waals surface area contributed by atoms with Crippen molar-refractivity contribution in [2.24, 2.45) is 0 Å². The van der Waals surface area contributed by atoms with Crippen molar-refractivity contribution in [2.75, 3.05) is 5.32 Å². The second-order valence-corrected chi connectivity index (χ2v) is 6.30. The molecule has 29 heavy (non-hydrogen) atoms. The van der Waals surface area contributed by atoms with Crippen LogP contribution in [0.5, 0.6) is 0 Å². The van der Waals surface area contributed by atoms with Gasteiger partial charge in [0.25, 0.3) is 5.91 Å². The molecule has 0 radical (unpaired) electrons. The Morgan fingerprint density at radius 3 is 2.55 bits per heavy atom. The van der Waals surface area contributed by atoms with Crippen molar-refractivity contribution in [3.63, 3.8) is 0 Å². The van der Waals surface area contributed by atoms with Gasteiger partial charge in [0.2, 0.25) is 5.76 Å². The first-order valence-electron chi connectivity index (χ1n) is 8.81. The molecule has 0 atom stereocenters. The Hall–Kier alpha value is -3.94. The van der Waals surface area contributed by atoms with E-state index in [9.17, 15) is 9.18 Å². The second-order valence-electron chi connectivity index (χ2n) is 6.30. The Bertz CT molecular complexity index is 1190. The van der Waals surface area contributed by atoms with Gasteiger partial charge in [-0.25, -0.2) is 24.3 Å². The summed E-state index contributed by atoms with van der Waals surface area (Å²) in [6.45, 7) is 3.51. The van der Waals surface area contributed by atoms with Gasteiger partial charge in [0.1, 0.15) is 23.0 Å². The third-order valence-electron chi connectivity index (χ3n) is 4.07. The maximum absolute atomic E-state index is 13.2. The molecule has 4 aromatic rings. The van der Waals surface area contributed by atoms with Gasteiger partial charge in [-0.2, -0.15) is 0 Å². The van der Waals surface area contributed by atoms with E-state index >= 15 is 0 Å². The van der Waals surface area contributed by atoms with Crippen molar-refractivity contribution in [2.45, 2.75) is 13.8 Å². The molecule has 8 heteroatoms. The van der Waals surface area contributed by atoms with Gasteiger partial charge in [0.05, 0.1) is 0 Å². The van der Waals surface area contributed by atoms with E-state index in [-0.39, 0.29) is 11.6 Å². The van der Waals surface area contributed by atoms with Crippen molar-refractivity contribution in [3.8, 4) is 22.8 Å². The fraction of sp³-hybridized carbons (Fsp3) is 0.0952.